The minimum atomic E-state index is -0.677. The predicted molar refractivity (Wildman–Crippen MR) is 61.9 cm³/mol. The molecule has 0 radical (unpaired) electrons. The maximum atomic E-state index is 13.4. The third-order valence-corrected chi connectivity index (χ3v) is 3.27. The van der Waals surface area contributed by atoms with Crippen molar-refractivity contribution >= 4 is 29.1 Å². The van der Waals surface area contributed by atoms with Crippen molar-refractivity contribution in [3.63, 3.8) is 0 Å². The zero-order valence-electron chi connectivity index (χ0n) is 8.32. The number of anilines is 1. The summed E-state index contributed by atoms with van der Waals surface area (Å²) in [6.45, 7) is 0. The number of benzene rings is 1. The second kappa shape index (κ2) is 4.85. The van der Waals surface area contributed by atoms with E-state index in [1.807, 2.05) is 0 Å². The first-order valence-corrected chi connectivity index (χ1v) is 5.66. The van der Waals surface area contributed by atoms with Gasteiger partial charge in [-0.05, 0) is 12.1 Å². The van der Waals surface area contributed by atoms with E-state index in [2.05, 4.69) is 9.97 Å². The lowest BCUT2D eigenvalue weighted by atomic mass is 10.3. The SMILES string of the molecule is Nc1c(Cl)ncnc1Sc1ccc(F)cc1F. The van der Waals surface area contributed by atoms with Crippen molar-refractivity contribution < 1.29 is 8.78 Å². The molecule has 0 spiro atoms. The summed E-state index contributed by atoms with van der Waals surface area (Å²) >= 11 is 6.66. The first-order valence-electron chi connectivity index (χ1n) is 4.47. The summed E-state index contributed by atoms with van der Waals surface area (Å²) in [6.07, 6.45) is 1.22. The first kappa shape index (κ1) is 12.1. The van der Waals surface area contributed by atoms with Crippen LogP contribution in [0.2, 0.25) is 5.15 Å². The van der Waals surface area contributed by atoms with Gasteiger partial charge in [0, 0.05) is 11.0 Å². The van der Waals surface area contributed by atoms with Crippen molar-refractivity contribution in [2.75, 3.05) is 5.73 Å². The molecule has 7 heteroatoms. The van der Waals surface area contributed by atoms with Gasteiger partial charge in [-0.25, -0.2) is 18.7 Å². The molecule has 0 saturated heterocycles. The van der Waals surface area contributed by atoms with Gasteiger partial charge in [0.2, 0.25) is 0 Å². The highest BCUT2D eigenvalue weighted by Gasteiger charge is 2.11. The van der Waals surface area contributed by atoms with Crippen molar-refractivity contribution in [2.24, 2.45) is 0 Å². The van der Waals surface area contributed by atoms with E-state index >= 15 is 0 Å². The molecule has 2 rings (SSSR count). The van der Waals surface area contributed by atoms with E-state index in [4.69, 9.17) is 17.3 Å². The van der Waals surface area contributed by atoms with Gasteiger partial charge in [0.1, 0.15) is 28.7 Å². The highest BCUT2D eigenvalue weighted by molar-refractivity contribution is 7.99. The van der Waals surface area contributed by atoms with Gasteiger partial charge in [0.05, 0.1) is 0 Å². The lowest BCUT2D eigenvalue weighted by Gasteiger charge is -2.05. The number of hydrogen-bond donors (Lipinski definition) is 1. The minimum absolute atomic E-state index is 0.102. The molecule has 0 aliphatic heterocycles. The van der Waals surface area contributed by atoms with E-state index in [0.717, 1.165) is 23.9 Å². The lowest BCUT2D eigenvalue weighted by molar-refractivity contribution is 0.565. The summed E-state index contributed by atoms with van der Waals surface area (Å²) in [7, 11) is 0. The maximum Gasteiger partial charge on any atom is 0.156 e. The number of nitrogen functional groups attached to an aromatic ring is 1. The van der Waals surface area contributed by atoms with E-state index in [-0.39, 0.29) is 15.7 Å². The Balaban J connectivity index is 2.35. The predicted octanol–water partition coefficient (Wildman–Crippen LogP) is 3.14. The minimum Gasteiger partial charge on any atom is -0.394 e. The number of hydrogen-bond acceptors (Lipinski definition) is 4. The Morgan fingerprint density at radius 1 is 1.24 bits per heavy atom. The Bertz CT molecular complexity index is 565. The summed E-state index contributed by atoms with van der Waals surface area (Å²) in [4.78, 5) is 7.78. The highest BCUT2D eigenvalue weighted by Crippen LogP contribution is 2.34. The molecule has 1 aromatic heterocycles. The van der Waals surface area contributed by atoms with Crippen molar-refractivity contribution in [3.05, 3.63) is 41.3 Å². The Morgan fingerprint density at radius 2 is 2.00 bits per heavy atom. The summed E-state index contributed by atoms with van der Waals surface area (Å²) in [6, 6.07) is 3.26. The summed E-state index contributed by atoms with van der Waals surface area (Å²) in [5, 5.41) is 0.431. The fraction of sp³-hybridized carbons (Fsp3) is 0. The molecular weight excluding hydrogens is 268 g/mol. The zero-order valence-corrected chi connectivity index (χ0v) is 9.90. The van der Waals surface area contributed by atoms with Crippen LogP contribution in [-0.4, -0.2) is 9.97 Å². The standard InChI is InChI=1S/C10H6ClF2N3S/c11-9-8(14)10(16-4-15-9)17-7-2-1-5(12)3-6(7)13/h1-4H,14H2. The van der Waals surface area contributed by atoms with Crippen LogP contribution in [-0.2, 0) is 0 Å². The fourth-order valence-corrected chi connectivity index (χ4v) is 2.10. The second-order valence-electron chi connectivity index (χ2n) is 3.06. The third-order valence-electron chi connectivity index (χ3n) is 1.90. The van der Waals surface area contributed by atoms with Gasteiger partial charge < -0.3 is 5.73 Å². The topological polar surface area (TPSA) is 51.8 Å². The molecule has 0 atom stereocenters. The smallest absolute Gasteiger partial charge is 0.156 e. The highest BCUT2D eigenvalue weighted by atomic mass is 35.5. The van der Waals surface area contributed by atoms with Crippen LogP contribution in [0.25, 0.3) is 0 Å². The number of nitrogens with two attached hydrogens (primary N) is 1. The van der Waals surface area contributed by atoms with Crippen LogP contribution in [0.15, 0.2) is 34.4 Å². The summed E-state index contributed by atoms with van der Waals surface area (Å²) in [5.74, 6) is -1.32. The Labute approximate surface area is 105 Å². The Hall–Kier alpha value is -1.40. The molecule has 3 nitrogen and oxygen atoms in total. The Morgan fingerprint density at radius 3 is 2.71 bits per heavy atom. The number of aromatic nitrogens is 2. The molecule has 0 amide bonds. The van der Waals surface area contributed by atoms with E-state index in [0.29, 0.717) is 5.03 Å². The van der Waals surface area contributed by atoms with Gasteiger partial charge in [0.15, 0.2) is 5.15 Å². The quantitative estimate of drug-likeness (QED) is 0.854. The molecule has 1 heterocycles. The molecule has 2 N–H and O–H groups in total. The van der Waals surface area contributed by atoms with Crippen LogP contribution >= 0.6 is 23.4 Å². The largest absolute Gasteiger partial charge is 0.394 e. The van der Waals surface area contributed by atoms with E-state index in [1.165, 1.54) is 12.4 Å². The number of halogens is 3. The fourth-order valence-electron chi connectivity index (χ4n) is 1.10. The average molecular weight is 274 g/mol. The maximum absolute atomic E-state index is 13.4. The van der Waals surface area contributed by atoms with Crippen LogP contribution in [0.1, 0.15) is 0 Å². The summed E-state index contributed by atoms with van der Waals surface area (Å²) in [5.41, 5.74) is 5.81. The molecule has 0 aliphatic rings. The molecule has 2 aromatic rings. The van der Waals surface area contributed by atoms with Gasteiger partial charge in [-0.3, -0.25) is 0 Å². The van der Waals surface area contributed by atoms with Crippen LogP contribution in [0, 0.1) is 11.6 Å². The molecule has 1 aromatic carbocycles. The zero-order chi connectivity index (χ0) is 12.4. The second-order valence-corrected chi connectivity index (χ2v) is 4.45. The van der Waals surface area contributed by atoms with Gasteiger partial charge in [-0.2, -0.15) is 0 Å². The molecule has 0 aliphatic carbocycles. The Kier molecular flexibility index (Phi) is 3.44. The van der Waals surface area contributed by atoms with Gasteiger partial charge in [0.25, 0.3) is 0 Å². The molecule has 0 saturated carbocycles. The first-order chi connectivity index (χ1) is 8.08. The molecule has 88 valence electrons. The van der Waals surface area contributed by atoms with E-state index < -0.39 is 11.6 Å². The molecule has 0 fully saturated rings. The van der Waals surface area contributed by atoms with Crippen molar-refractivity contribution in [1.82, 2.24) is 9.97 Å². The van der Waals surface area contributed by atoms with Gasteiger partial charge in [-0.1, -0.05) is 23.4 Å². The van der Waals surface area contributed by atoms with E-state index in [9.17, 15) is 8.78 Å². The van der Waals surface area contributed by atoms with Crippen molar-refractivity contribution in [3.8, 4) is 0 Å². The van der Waals surface area contributed by atoms with Crippen LogP contribution < -0.4 is 5.73 Å². The molecule has 0 unspecified atom stereocenters. The van der Waals surface area contributed by atoms with Crippen LogP contribution in [0.5, 0.6) is 0 Å². The van der Waals surface area contributed by atoms with Crippen molar-refractivity contribution in [2.45, 2.75) is 9.92 Å². The number of rotatable bonds is 2. The average Bonchev–Trinajstić information content (AvgIpc) is 2.28. The molecule has 0 bridgehead atoms. The van der Waals surface area contributed by atoms with Gasteiger partial charge in [-0.15, -0.1) is 0 Å². The van der Waals surface area contributed by atoms with Crippen LogP contribution in [0.3, 0.4) is 0 Å². The number of nitrogens with zero attached hydrogens (tertiary/aromatic N) is 2. The van der Waals surface area contributed by atoms with Crippen LogP contribution in [0.4, 0.5) is 14.5 Å². The molecular formula is C10H6ClF2N3S. The summed E-state index contributed by atoms with van der Waals surface area (Å²) < 4.78 is 26.1. The normalized spacial score (nSPS) is 10.5. The van der Waals surface area contributed by atoms with E-state index in [1.54, 1.807) is 0 Å². The lowest BCUT2D eigenvalue weighted by Crippen LogP contribution is -1.95. The molecule has 17 heavy (non-hydrogen) atoms. The monoisotopic (exact) mass is 273 g/mol. The third kappa shape index (κ3) is 2.65. The van der Waals surface area contributed by atoms with Crippen molar-refractivity contribution in [1.29, 1.82) is 0 Å². The van der Waals surface area contributed by atoms with Gasteiger partial charge >= 0.3 is 0 Å².